The number of carbonyl (C=O) groups excluding carboxylic acids is 1. The third-order valence-corrected chi connectivity index (χ3v) is 4.28. The van der Waals surface area contributed by atoms with E-state index < -0.39 is 0 Å². The van der Waals surface area contributed by atoms with Crippen LogP contribution in [0.3, 0.4) is 0 Å². The van der Waals surface area contributed by atoms with E-state index in [2.05, 4.69) is 10.3 Å². The van der Waals surface area contributed by atoms with E-state index in [0.717, 1.165) is 24.2 Å². The molecule has 1 aromatic heterocycles. The number of nitrogens with one attached hydrogen (secondary N) is 1. The van der Waals surface area contributed by atoms with E-state index in [1.807, 2.05) is 24.3 Å². The predicted molar refractivity (Wildman–Crippen MR) is 90.0 cm³/mol. The molecule has 1 aromatic carbocycles. The molecule has 0 amide bonds. The molecule has 24 heavy (non-hydrogen) atoms. The Balaban J connectivity index is 1.72. The number of ether oxygens (including phenoxy) is 1. The molecule has 0 aliphatic carbocycles. The van der Waals surface area contributed by atoms with Crippen molar-refractivity contribution in [2.75, 3.05) is 19.7 Å². The van der Waals surface area contributed by atoms with Crippen molar-refractivity contribution < 1.29 is 9.53 Å². The number of pyridine rings is 1. The molecule has 1 N–H and O–H groups in total. The number of halogens is 1. The molecule has 6 heteroatoms. The maximum Gasteiger partial charge on any atom is 0.168 e. The number of nitrogens with zero attached hydrogens (tertiary/aromatic N) is 2. The molecule has 1 fully saturated rings. The van der Waals surface area contributed by atoms with Crippen LogP contribution in [0.1, 0.15) is 33.3 Å². The first-order valence-electron chi connectivity index (χ1n) is 7.67. The number of nitriles is 1. The van der Waals surface area contributed by atoms with Gasteiger partial charge in [0.25, 0.3) is 0 Å². The average Bonchev–Trinajstić information content (AvgIpc) is 2.64. The standard InChI is InChI=1S/C18H16ClN3O2/c19-16-7-13(18-11-21-5-6-24-18)2-1-12(16)8-17(23)14-3-4-15(9-20)22-10-14/h1-4,7,10,18,21H,5-6,8,11H2/t18-/m1/s1. The smallest absolute Gasteiger partial charge is 0.168 e. The Morgan fingerprint density at radius 2 is 2.29 bits per heavy atom. The van der Waals surface area contributed by atoms with E-state index in [4.69, 9.17) is 21.6 Å². The van der Waals surface area contributed by atoms with Crippen molar-refractivity contribution in [2.24, 2.45) is 0 Å². The van der Waals surface area contributed by atoms with Crippen molar-refractivity contribution in [3.8, 4) is 6.07 Å². The maximum atomic E-state index is 12.3. The Morgan fingerprint density at radius 3 is 2.92 bits per heavy atom. The summed E-state index contributed by atoms with van der Waals surface area (Å²) in [7, 11) is 0. The topological polar surface area (TPSA) is 75.0 Å². The number of aromatic nitrogens is 1. The SMILES string of the molecule is N#Cc1ccc(C(=O)Cc2ccc([C@H]3CNCCO3)cc2Cl)cn1. The highest BCUT2D eigenvalue weighted by molar-refractivity contribution is 6.31. The normalized spacial score (nSPS) is 17.2. The highest BCUT2D eigenvalue weighted by Gasteiger charge is 2.17. The van der Waals surface area contributed by atoms with Crippen LogP contribution in [0.4, 0.5) is 0 Å². The van der Waals surface area contributed by atoms with Crippen molar-refractivity contribution in [3.05, 3.63) is 63.9 Å². The molecule has 3 rings (SSSR count). The van der Waals surface area contributed by atoms with Crippen LogP contribution in [0.2, 0.25) is 5.02 Å². The van der Waals surface area contributed by atoms with E-state index in [0.29, 0.717) is 17.2 Å². The minimum absolute atomic E-state index is 0.0104. The number of morpholine rings is 1. The van der Waals surface area contributed by atoms with Crippen molar-refractivity contribution in [3.63, 3.8) is 0 Å². The van der Waals surface area contributed by atoms with Crippen LogP contribution in [0.25, 0.3) is 0 Å². The highest BCUT2D eigenvalue weighted by Crippen LogP contribution is 2.25. The molecule has 1 atom stereocenters. The molecule has 1 aliphatic rings. The summed E-state index contributed by atoms with van der Waals surface area (Å²) in [6, 6.07) is 10.7. The first kappa shape index (κ1) is 16.6. The Bertz CT molecular complexity index is 778. The van der Waals surface area contributed by atoms with Gasteiger partial charge in [0.1, 0.15) is 11.8 Å². The van der Waals surface area contributed by atoms with Gasteiger partial charge in [0.05, 0.1) is 12.7 Å². The monoisotopic (exact) mass is 341 g/mol. The van der Waals surface area contributed by atoms with Crippen LogP contribution < -0.4 is 5.32 Å². The summed E-state index contributed by atoms with van der Waals surface area (Å²) in [5.74, 6) is -0.0859. The van der Waals surface area contributed by atoms with Gasteiger partial charge in [0.15, 0.2) is 5.78 Å². The molecule has 0 radical (unpaired) electrons. The van der Waals surface area contributed by atoms with Crippen LogP contribution in [-0.4, -0.2) is 30.5 Å². The lowest BCUT2D eigenvalue weighted by Gasteiger charge is -2.24. The van der Waals surface area contributed by atoms with Crippen molar-refractivity contribution in [1.29, 1.82) is 5.26 Å². The van der Waals surface area contributed by atoms with Crippen LogP contribution in [0.15, 0.2) is 36.5 Å². The number of benzene rings is 1. The Hall–Kier alpha value is -2.26. The number of Topliss-reactive ketones (excluding diaryl/α,β-unsaturated/α-hetero) is 1. The summed E-state index contributed by atoms with van der Waals surface area (Å²) in [4.78, 5) is 16.3. The van der Waals surface area contributed by atoms with Gasteiger partial charge in [-0.3, -0.25) is 4.79 Å². The summed E-state index contributed by atoms with van der Waals surface area (Å²) < 4.78 is 5.71. The fraction of sp³-hybridized carbons (Fsp3) is 0.278. The van der Waals surface area contributed by atoms with Crippen LogP contribution in [0.5, 0.6) is 0 Å². The molecule has 5 nitrogen and oxygen atoms in total. The quantitative estimate of drug-likeness (QED) is 0.865. The van der Waals surface area contributed by atoms with Crippen LogP contribution in [-0.2, 0) is 11.2 Å². The number of carbonyl (C=O) groups is 1. The van der Waals surface area contributed by atoms with E-state index in [-0.39, 0.29) is 24.0 Å². The summed E-state index contributed by atoms with van der Waals surface area (Å²) in [6.07, 6.45) is 1.60. The number of hydrogen-bond acceptors (Lipinski definition) is 5. The average molecular weight is 342 g/mol. The zero-order valence-electron chi connectivity index (χ0n) is 13.0. The van der Waals surface area contributed by atoms with Crippen molar-refractivity contribution >= 4 is 17.4 Å². The first-order chi connectivity index (χ1) is 11.7. The molecule has 0 bridgehead atoms. The lowest BCUT2D eigenvalue weighted by Crippen LogP contribution is -2.33. The van der Waals surface area contributed by atoms with Crippen molar-refractivity contribution in [2.45, 2.75) is 12.5 Å². The fourth-order valence-corrected chi connectivity index (χ4v) is 2.84. The molecular formula is C18H16ClN3O2. The Kier molecular flexibility index (Phi) is 5.21. The summed E-state index contributed by atoms with van der Waals surface area (Å²) in [5, 5.41) is 12.6. The van der Waals surface area contributed by atoms with E-state index in [1.165, 1.54) is 12.3 Å². The molecule has 0 unspecified atom stereocenters. The van der Waals surface area contributed by atoms with Crippen LogP contribution in [0, 0.1) is 11.3 Å². The molecule has 0 saturated carbocycles. The minimum atomic E-state index is -0.0859. The van der Waals surface area contributed by atoms with Gasteiger partial charge in [0, 0.05) is 36.3 Å². The molecular weight excluding hydrogens is 326 g/mol. The Morgan fingerprint density at radius 1 is 1.42 bits per heavy atom. The molecule has 2 aromatic rings. The largest absolute Gasteiger partial charge is 0.371 e. The van der Waals surface area contributed by atoms with Gasteiger partial charge >= 0.3 is 0 Å². The minimum Gasteiger partial charge on any atom is -0.371 e. The van der Waals surface area contributed by atoms with Gasteiger partial charge in [-0.15, -0.1) is 0 Å². The molecule has 1 aliphatic heterocycles. The van der Waals surface area contributed by atoms with E-state index in [1.54, 1.807) is 6.07 Å². The van der Waals surface area contributed by atoms with Gasteiger partial charge in [-0.1, -0.05) is 23.7 Å². The predicted octanol–water partition coefficient (Wildman–Crippen LogP) is 2.69. The summed E-state index contributed by atoms with van der Waals surface area (Å²) in [6.45, 7) is 2.29. The van der Waals surface area contributed by atoms with E-state index in [9.17, 15) is 4.79 Å². The number of ketones is 1. The Labute approximate surface area is 145 Å². The fourth-order valence-electron chi connectivity index (χ4n) is 2.59. The highest BCUT2D eigenvalue weighted by atomic mass is 35.5. The van der Waals surface area contributed by atoms with Gasteiger partial charge in [-0.05, 0) is 29.3 Å². The lowest BCUT2D eigenvalue weighted by atomic mass is 10.0. The summed E-state index contributed by atoms with van der Waals surface area (Å²) >= 11 is 6.34. The number of rotatable bonds is 4. The maximum absolute atomic E-state index is 12.3. The van der Waals surface area contributed by atoms with E-state index >= 15 is 0 Å². The second-order valence-electron chi connectivity index (χ2n) is 5.56. The summed E-state index contributed by atoms with van der Waals surface area (Å²) in [5.41, 5.74) is 2.52. The molecule has 122 valence electrons. The van der Waals surface area contributed by atoms with Gasteiger partial charge < -0.3 is 10.1 Å². The van der Waals surface area contributed by atoms with Gasteiger partial charge in [0.2, 0.25) is 0 Å². The van der Waals surface area contributed by atoms with Crippen LogP contribution >= 0.6 is 11.6 Å². The van der Waals surface area contributed by atoms with Gasteiger partial charge in [-0.2, -0.15) is 5.26 Å². The molecule has 2 heterocycles. The molecule has 0 spiro atoms. The zero-order valence-corrected chi connectivity index (χ0v) is 13.7. The zero-order chi connectivity index (χ0) is 16.9. The third-order valence-electron chi connectivity index (χ3n) is 3.93. The van der Waals surface area contributed by atoms with Gasteiger partial charge in [-0.25, -0.2) is 4.98 Å². The molecule has 1 saturated heterocycles. The third kappa shape index (κ3) is 3.80. The van der Waals surface area contributed by atoms with Crippen molar-refractivity contribution in [1.82, 2.24) is 10.3 Å². The lowest BCUT2D eigenvalue weighted by molar-refractivity contribution is 0.0277. The first-order valence-corrected chi connectivity index (χ1v) is 8.05. The number of hydrogen-bond donors (Lipinski definition) is 1. The second-order valence-corrected chi connectivity index (χ2v) is 5.97. The second kappa shape index (κ2) is 7.54.